The highest BCUT2D eigenvalue weighted by atomic mass is 16.5. The summed E-state index contributed by atoms with van der Waals surface area (Å²) in [5.41, 5.74) is 1.65. The second-order valence-corrected chi connectivity index (χ2v) is 8.62. The van der Waals surface area contributed by atoms with Crippen molar-refractivity contribution in [2.75, 3.05) is 45.3 Å². The van der Waals surface area contributed by atoms with Gasteiger partial charge in [-0.1, -0.05) is 26.0 Å². The molecule has 2 atom stereocenters. The number of methoxy groups -OCH3 is 2. The Hall–Kier alpha value is -3.06. The molecule has 0 saturated carbocycles. The van der Waals surface area contributed by atoms with Gasteiger partial charge in [-0.05, 0) is 67.9 Å². The van der Waals surface area contributed by atoms with E-state index in [9.17, 15) is 9.59 Å². The topological polar surface area (TPSA) is 71.1 Å². The molecule has 2 aromatic carbocycles. The largest absolute Gasteiger partial charge is 0.497 e. The lowest BCUT2D eigenvalue weighted by atomic mass is 9.92. The summed E-state index contributed by atoms with van der Waals surface area (Å²) in [5, 5.41) is 3.10. The van der Waals surface area contributed by atoms with E-state index in [0.29, 0.717) is 6.54 Å². The van der Waals surface area contributed by atoms with Crippen molar-refractivity contribution in [2.24, 2.45) is 5.92 Å². The van der Waals surface area contributed by atoms with Gasteiger partial charge < -0.3 is 24.6 Å². The maximum absolute atomic E-state index is 13.3. The number of nitrogens with one attached hydrogen (secondary N) is 1. The minimum Gasteiger partial charge on any atom is -0.497 e. The first-order valence-electron chi connectivity index (χ1n) is 12.1. The summed E-state index contributed by atoms with van der Waals surface area (Å²) in [6.07, 6.45) is 2.34. The summed E-state index contributed by atoms with van der Waals surface area (Å²) in [7, 11) is 3.23. The van der Waals surface area contributed by atoms with Gasteiger partial charge in [-0.3, -0.25) is 9.59 Å². The van der Waals surface area contributed by atoms with Gasteiger partial charge >= 0.3 is 0 Å². The Balaban J connectivity index is 1.82. The number of ether oxygens (including phenoxy) is 2. The van der Waals surface area contributed by atoms with Crippen molar-refractivity contribution in [3.63, 3.8) is 0 Å². The average molecular weight is 468 g/mol. The van der Waals surface area contributed by atoms with Crippen LogP contribution in [-0.2, 0) is 9.59 Å². The molecule has 1 N–H and O–H groups in total. The maximum atomic E-state index is 13.3. The second kappa shape index (κ2) is 12.4. The molecule has 0 aliphatic carbocycles. The van der Waals surface area contributed by atoms with E-state index in [4.69, 9.17) is 9.47 Å². The molecule has 1 fully saturated rings. The molecule has 1 aliphatic heterocycles. The SMILES string of the molecule is CCCN(CCC)CCNC(=O)[C@@H]1CC(=O)N(c2ccc(OC)cc2)[C@@H]1c1ccc(OC)cc1. The van der Waals surface area contributed by atoms with Gasteiger partial charge in [0.25, 0.3) is 0 Å². The molecule has 3 rings (SSSR count). The molecular weight excluding hydrogens is 430 g/mol. The minimum atomic E-state index is -0.478. The lowest BCUT2D eigenvalue weighted by Gasteiger charge is -2.29. The van der Waals surface area contributed by atoms with Crippen molar-refractivity contribution in [1.82, 2.24) is 10.2 Å². The number of carbonyl (C=O) groups is 2. The average Bonchev–Trinajstić information content (AvgIpc) is 3.21. The quantitative estimate of drug-likeness (QED) is 0.510. The van der Waals surface area contributed by atoms with Crippen LogP contribution in [0.2, 0.25) is 0 Å². The molecule has 1 aliphatic rings. The van der Waals surface area contributed by atoms with Gasteiger partial charge in [-0.15, -0.1) is 0 Å². The van der Waals surface area contributed by atoms with Gasteiger partial charge in [0.05, 0.1) is 26.2 Å². The summed E-state index contributed by atoms with van der Waals surface area (Å²) in [5.74, 6) is 0.822. The van der Waals surface area contributed by atoms with Crippen LogP contribution in [0.4, 0.5) is 5.69 Å². The molecule has 184 valence electrons. The first-order chi connectivity index (χ1) is 16.5. The van der Waals surface area contributed by atoms with Gasteiger partial charge in [-0.2, -0.15) is 0 Å². The maximum Gasteiger partial charge on any atom is 0.228 e. The van der Waals surface area contributed by atoms with Gasteiger partial charge in [0.1, 0.15) is 11.5 Å². The molecule has 0 unspecified atom stereocenters. The molecule has 7 heteroatoms. The normalized spacial score (nSPS) is 17.8. The number of benzene rings is 2. The third kappa shape index (κ3) is 6.08. The van der Waals surface area contributed by atoms with Crippen LogP contribution in [0.1, 0.15) is 44.7 Å². The van der Waals surface area contributed by atoms with E-state index in [2.05, 4.69) is 24.1 Å². The predicted octanol–water partition coefficient (Wildman–Crippen LogP) is 4.04. The molecule has 2 amide bonds. The number of nitrogens with zero attached hydrogens (tertiary/aromatic N) is 2. The summed E-state index contributed by atoms with van der Waals surface area (Å²) in [4.78, 5) is 30.6. The molecular formula is C27H37N3O4. The van der Waals surface area contributed by atoms with Gasteiger partial charge in [0, 0.05) is 25.2 Å². The standard InChI is InChI=1S/C27H37N3O4/c1-5-16-29(17-6-2)18-15-28-27(32)24-19-25(31)30(21-9-13-23(34-4)14-10-21)26(24)20-7-11-22(33-3)12-8-20/h7-14,24,26H,5-6,15-19H2,1-4H3,(H,28,32)/t24-,26-/m1/s1. The van der Waals surface area contributed by atoms with Crippen molar-refractivity contribution >= 4 is 17.5 Å². The van der Waals surface area contributed by atoms with Crippen LogP contribution in [-0.4, -0.2) is 57.1 Å². The molecule has 0 bridgehead atoms. The molecule has 0 spiro atoms. The molecule has 0 aromatic heterocycles. The Morgan fingerprint density at radius 3 is 2.03 bits per heavy atom. The van der Waals surface area contributed by atoms with E-state index in [1.54, 1.807) is 19.1 Å². The lowest BCUT2D eigenvalue weighted by Crippen LogP contribution is -2.40. The zero-order chi connectivity index (χ0) is 24.5. The minimum absolute atomic E-state index is 0.0651. The molecule has 34 heavy (non-hydrogen) atoms. The third-order valence-corrected chi connectivity index (χ3v) is 6.27. The van der Waals surface area contributed by atoms with Crippen molar-refractivity contribution in [3.05, 3.63) is 54.1 Å². The number of amides is 2. The number of hydrogen-bond donors (Lipinski definition) is 1. The van der Waals surface area contributed by atoms with E-state index in [0.717, 1.165) is 55.2 Å². The fourth-order valence-corrected chi connectivity index (χ4v) is 4.64. The van der Waals surface area contributed by atoms with Crippen LogP contribution >= 0.6 is 0 Å². The van der Waals surface area contributed by atoms with Crippen LogP contribution < -0.4 is 19.7 Å². The summed E-state index contributed by atoms with van der Waals surface area (Å²) >= 11 is 0. The summed E-state index contributed by atoms with van der Waals surface area (Å²) in [6.45, 7) is 7.75. The van der Waals surface area contributed by atoms with Crippen molar-refractivity contribution in [1.29, 1.82) is 0 Å². The highest BCUT2D eigenvalue weighted by Crippen LogP contribution is 2.42. The van der Waals surface area contributed by atoms with E-state index in [-0.39, 0.29) is 18.2 Å². The highest BCUT2D eigenvalue weighted by molar-refractivity contribution is 6.01. The van der Waals surface area contributed by atoms with Gasteiger partial charge in [0.15, 0.2) is 0 Å². The number of rotatable bonds is 12. The Morgan fingerprint density at radius 2 is 1.50 bits per heavy atom. The van der Waals surface area contributed by atoms with E-state index >= 15 is 0 Å². The lowest BCUT2D eigenvalue weighted by molar-refractivity contribution is -0.126. The molecule has 7 nitrogen and oxygen atoms in total. The van der Waals surface area contributed by atoms with E-state index in [1.807, 2.05) is 48.5 Å². The molecule has 1 heterocycles. The number of anilines is 1. The van der Waals surface area contributed by atoms with E-state index in [1.165, 1.54) is 0 Å². The van der Waals surface area contributed by atoms with Gasteiger partial charge in [0.2, 0.25) is 11.8 Å². The smallest absolute Gasteiger partial charge is 0.228 e. The van der Waals surface area contributed by atoms with Crippen LogP contribution in [0.15, 0.2) is 48.5 Å². The molecule has 0 radical (unpaired) electrons. The van der Waals surface area contributed by atoms with Crippen LogP contribution in [0.25, 0.3) is 0 Å². The fraction of sp³-hybridized carbons (Fsp3) is 0.481. The Bertz CT molecular complexity index is 924. The Morgan fingerprint density at radius 1 is 0.941 bits per heavy atom. The van der Waals surface area contributed by atoms with E-state index < -0.39 is 12.0 Å². The predicted molar refractivity (Wildman–Crippen MR) is 134 cm³/mol. The Kier molecular flexibility index (Phi) is 9.33. The fourth-order valence-electron chi connectivity index (χ4n) is 4.64. The van der Waals surface area contributed by atoms with Crippen LogP contribution in [0.3, 0.4) is 0 Å². The second-order valence-electron chi connectivity index (χ2n) is 8.62. The molecule has 1 saturated heterocycles. The van der Waals surface area contributed by atoms with Crippen molar-refractivity contribution in [3.8, 4) is 11.5 Å². The first kappa shape index (κ1) is 25.6. The highest BCUT2D eigenvalue weighted by Gasteiger charge is 2.45. The zero-order valence-electron chi connectivity index (χ0n) is 20.8. The van der Waals surface area contributed by atoms with Crippen molar-refractivity contribution < 1.29 is 19.1 Å². The monoisotopic (exact) mass is 467 g/mol. The van der Waals surface area contributed by atoms with Crippen molar-refractivity contribution in [2.45, 2.75) is 39.2 Å². The summed E-state index contributed by atoms with van der Waals surface area (Å²) in [6, 6.07) is 14.6. The van der Waals surface area contributed by atoms with Crippen LogP contribution in [0.5, 0.6) is 11.5 Å². The number of carbonyl (C=O) groups excluding carboxylic acids is 2. The Labute approximate surface area is 203 Å². The number of hydrogen-bond acceptors (Lipinski definition) is 5. The van der Waals surface area contributed by atoms with Crippen LogP contribution in [0, 0.1) is 5.92 Å². The summed E-state index contributed by atoms with van der Waals surface area (Å²) < 4.78 is 10.6. The third-order valence-electron chi connectivity index (χ3n) is 6.27. The zero-order valence-corrected chi connectivity index (χ0v) is 20.8. The molecule has 2 aromatic rings. The first-order valence-corrected chi connectivity index (χ1v) is 12.1. The van der Waals surface area contributed by atoms with Gasteiger partial charge in [-0.25, -0.2) is 0 Å².